The molecule has 73 valence electrons. The molecular weight excluding hydrogens is 176 g/mol. The Balaban J connectivity index is 2.00. The summed E-state index contributed by atoms with van der Waals surface area (Å²) >= 11 is 0. The highest BCUT2D eigenvalue weighted by Crippen LogP contribution is 2.05. The van der Waals surface area contributed by atoms with Gasteiger partial charge in [-0.1, -0.05) is 18.2 Å². The molecule has 3 heteroatoms. The van der Waals surface area contributed by atoms with Gasteiger partial charge < -0.3 is 10.2 Å². The van der Waals surface area contributed by atoms with E-state index < -0.39 is 0 Å². The number of carbonyl (C=O) groups is 1. The first-order valence-electron chi connectivity index (χ1n) is 4.80. The highest BCUT2D eigenvalue weighted by atomic mass is 16.2. The molecule has 0 aliphatic carbocycles. The van der Waals surface area contributed by atoms with Gasteiger partial charge in [0.25, 0.3) is 0 Å². The molecule has 1 aromatic carbocycles. The van der Waals surface area contributed by atoms with E-state index in [9.17, 15) is 4.79 Å². The summed E-state index contributed by atoms with van der Waals surface area (Å²) < 4.78 is 0. The van der Waals surface area contributed by atoms with Crippen LogP contribution in [0.1, 0.15) is 5.56 Å². The number of carbonyl (C=O) groups excluding carboxylic acids is 1. The monoisotopic (exact) mass is 189 g/mol. The van der Waals surface area contributed by atoms with Gasteiger partial charge in [-0.3, -0.25) is 4.79 Å². The van der Waals surface area contributed by atoms with Crippen molar-refractivity contribution in [3.8, 4) is 0 Å². The number of hydrogen-bond donors (Lipinski definition) is 1. The molecule has 3 nitrogen and oxygen atoms in total. The molecule has 1 aliphatic heterocycles. The summed E-state index contributed by atoms with van der Waals surface area (Å²) in [6.45, 7) is 2.87. The van der Waals surface area contributed by atoms with Crippen molar-refractivity contribution in [1.82, 2.24) is 10.2 Å². The molecule has 1 aliphatic rings. The number of rotatable bonds is 2. The molecular formula is C11H13N2O. The molecule has 0 bridgehead atoms. The maximum absolute atomic E-state index is 11.5. The largest absolute Gasteiger partial charge is 0.336 e. The van der Waals surface area contributed by atoms with E-state index in [0.29, 0.717) is 13.1 Å². The van der Waals surface area contributed by atoms with Crippen molar-refractivity contribution in [2.24, 2.45) is 0 Å². The maximum Gasteiger partial charge on any atom is 0.236 e. The molecule has 1 fully saturated rings. The van der Waals surface area contributed by atoms with Crippen molar-refractivity contribution in [1.29, 1.82) is 0 Å². The van der Waals surface area contributed by atoms with Crippen molar-refractivity contribution < 1.29 is 4.79 Å². The van der Waals surface area contributed by atoms with Gasteiger partial charge in [-0.05, 0) is 17.7 Å². The molecule has 1 radical (unpaired) electrons. The molecule has 1 saturated heterocycles. The number of amides is 1. The second-order valence-corrected chi connectivity index (χ2v) is 3.40. The highest BCUT2D eigenvalue weighted by molar-refractivity contribution is 5.78. The fraction of sp³-hybridized carbons (Fsp3) is 0.364. The van der Waals surface area contributed by atoms with E-state index in [0.717, 1.165) is 18.7 Å². The maximum atomic E-state index is 11.5. The smallest absolute Gasteiger partial charge is 0.236 e. The average Bonchev–Trinajstić information content (AvgIpc) is 2.23. The first-order valence-corrected chi connectivity index (χ1v) is 4.80. The quantitative estimate of drug-likeness (QED) is 0.731. The molecule has 1 aromatic rings. The average molecular weight is 189 g/mol. The summed E-state index contributed by atoms with van der Waals surface area (Å²) in [6, 6.07) is 10.8. The van der Waals surface area contributed by atoms with Crippen LogP contribution in [0.2, 0.25) is 0 Å². The van der Waals surface area contributed by atoms with Gasteiger partial charge in [0.15, 0.2) is 0 Å². The van der Waals surface area contributed by atoms with E-state index in [-0.39, 0.29) is 5.91 Å². The molecule has 0 atom stereocenters. The second kappa shape index (κ2) is 4.24. The summed E-state index contributed by atoms with van der Waals surface area (Å²) in [4.78, 5) is 13.3. The zero-order chi connectivity index (χ0) is 9.80. The highest BCUT2D eigenvalue weighted by Gasteiger charge is 2.16. The summed E-state index contributed by atoms with van der Waals surface area (Å²) in [5, 5.41) is 3.05. The van der Waals surface area contributed by atoms with Crippen molar-refractivity contribution in [2.75, 3.05) is 19.6 Å². The van der Waals surface area contributed by atoms with Crippen LogP contribution >= 0.6 is 0 Å². The van der Waals surface area contributed by atoms with Crippen LogP contribution in [0.4, 0.5) is 0 Å². The number of piperazine rings is 1. The van der Waals surface area contributed by atoms with E-state index in [4.69, 9.17) is 0 Å². The lowest BCUT2D eigenvalue weighted by Crippen LogP contribution is -2.47. The minimum atomic E-state index is 0.181. The molecule has 0 aromatic heterocycles. The predicted molar refractivity (Wildman–Crippen MR) is 53.6 cm³/mol. The lowest BCUT2D eigenvalue weighted by atomic mass is 10.2. The zero-order valence-electron chi connectivity index (χ0n) is 7.99. The van der Waals surface area contributed by atoms with Gasteiger partial charge in [-0.2, -0.15) is 0 Å². The molecule has 14 heavy (non-hydrogen) atoms. The fourth-order valence-electron chi connectivity index (χ4n) is 1.56. The van der Waals surface area contributed by atoms with Crippen LogP contribution in [0.15, 0.2) is 24.3 Å². The fourth-order valence-corrected chi connectivity index (χ4v) is 1.56. The Hall–Kier alpha value is -1.35. The zero-order valence-corrected chi connectivity index (χ0v) is 7.99. The van der Waals surface area contributed by atoms with Gasteiger partial charge in [0.05, 0.1) is 6.54 Å². The molecule has 1 amide bonds. The molecule has 2 rings (SSSR count). The molecule has 0 unspecified atom stereocenters. The third kappa shape index (κ3) is 2.12. The Morgan fingerprint density at radius 3 is 3.21 bits per heavy atom. The number of benzene rings is 1. The van der Waals surface area contributed by atoms with Gasteiger partial charge >= 0.3 is 0 Å². The first kappa shape index (κ1) is 9.21. The van der Waals surface area contributed by atoms with Crippen LogP contribution in [-0.2, 0) is 11.3 Å². The molecule has 1 N–H and O–H groups in total. The van der Waals surface area contributed by atoms with E-state index >= 15 is 0 Å². The predicted octanol–water partition coefficient (Wildman–Crippen LogP) is 0.419. The lowest BCUT2D eigenvalue weighted by molar-refractivity contribution is -0.132. The van der Waals surface area contributed by atoms with Crippen LogP contribution in [-0.4, -0.2) is 30.4 Å². The molecule has 0 saturated carbocycles. The second-order valence-electron chi connectivity index (χ2n) is 3.40. The third-order valence-corrected chi connectivity index (χ3v) is 2.33. The van der Waals surface area contributed by atoms with Crippen LogP contribution in [0, 0.1) is 6.07 Å². The Morgan fingerprint density at radius 1 is 1.57 bits per heavy atom. The Kier molecular flexibility index (Phi) is 2.79. The Morgan fingerprint density at radius 2 is 2.50 bits per heavy atom. The summed E-state index contributed by atoms with van der Waals surface area (Å²) in [6.07, 6.45) is 0. The molecule has 0 spiro atoms. The van der Waals surface area contributed by atoms with Gasteiger partial charge in [0, 0.05) is 19.6 Å². The topological polar surface area (TPSA) is 32.3 Å². The summed E-state index contributed by atoms with van der Waals surface area (Å²) in [7, 11) is 0. The number of nitrogens with zero attached hydrogens (tertiary/aromatic N) is 1. The standard InChI is InChI=1S/C11H13N2O/c14-11-8-12-6-7-13(11)9-10-4-2-1-3-5-10/h1-2,4-5,12H,6-9H2. The van der Waals surface area contributed by atoms with Crippen LogP contribution in [0.5, 0.6) is 0 Å². The Labute approximate surface area is 83.7 Å². The summed E-state index contributed by atoms with van der Waals surface area (Å²) in [5.41, 5.74) is 1.14. The lowest BCUT2D eigenvalue weighted by Gasteiger charge is -2.27. The normalized spacial score (nSPS) is 17.1. The van der Waals surface area contributed by atoms with Crippen molar-refractivity contribution in [3.05, 3.63) is 35.9 Å². The van der Waals surface area contributed by atoms with Crippen LogP contribution < -0.4 is 5.32 Å². The Bertz CT molecular complexity index is 310. The van der Waals surface area contributed by atoms with Gasteiger partial charge in [0.2, 0.25) is 5.91 Å². The van der Waals surface area contributed by atoms with Gasteiger partial charge in [0.1, 0.15) is 0 Å². The number of nitrogens with one attached hydrogen (secondary N) is 1. The van der Waals surface area contributed by atoms with Crippen molar-refractivity contribution in [3.63, 3.8) is 0 Å². The van der Waals surface area contributed by atoms with Gasteiger partial charge in [-0.25, -0.2) is 0 Å². The molecule has 1 heterocycles. The van der Waals surface area contributed by atoms with E-state index in [1.165, 1.54) is 0 Å². The van der Waals surface area contributed by atoms with E-state index in [1.54, 1.807) is 0 Å². The summed E-state index contributed by atoms with van der Waals surface area (Å²) in [5.74, 6) is 0.181. The van der Waals surface area contributed by atoms with Crippen molar-refractivity contribution >= 4 is 5.91 Å². The minimum absolute atomic E-state index is 0.181. The van der Waals surface area contributed by atoms with Crippen LogP contribution in [0.25, 0.3) is 0 Å². The first-order chi connectivity index (χ1) is 6.86. The third-order valence-electron chi connectivity index (χ3n) is 2.33. The van der Waals surface area contributed by atoms with E-state index in [1.807, 2.05) is 29.2 Å². The van der Waals surface area contributed by atoms with E-state index in [2.05, 4.69) is 11.4 Å². The van der Waals surface area contributed by atoms with Crippen molar-refractivity contribution in [2.45, 2.75) is 6.54 Å². The number of hydrogen-bond acceptors (Lipinski definition) is 2. The van der Waals surface area contributed by atoms with Gasteiger partial charge in [-0.15, -0.1) is 0 Å². The van der Waals surface area contributed by atoms with Crippen LogP contribution in [0.3, 0.4) is 0 Å². The minimum Gasteiger partial charge on any atom is -0.336 e. The SMILES string of the molecule is O=C1CNCCN1Cc1c[c]ccc1.